The molecule has 1 heterocycles. The van der Waals surface area contributed by atoms with Crippen molar-refractivity contribution in [2.45, 2.75) is 6.92 Å². The monoisotopic (exact) mass is 416 g/mol. The molecule has 2 aromatic rings. The van der Waals surface area contributed by atoms with Gasteiger partial charge in [0.2, 0.25) is 5.91 Å². The van der Waals surface area contributed by atoms with E-state index in [0.29, 0.717) is 36.9 Å². The van der Waals surface area contributed by atoms with Crippen LogP contribution >= 0.6 is 11.6 Å². The number of carbonyl (C=O) groups excluding carboxylic acids is 2. The lowest BCUT2D eigenvalue weighted by molar-refractivity contribution is -0.895. The van der Waals surface area contributed by atoms with E-state index in [4.69, 9.17) is 11.6 Å². The highest BCUT2D eigenvalue weighted by Gasteiger charge is 2.24. The largest absolute Gasteiger partial charge is 0.328 e. The summed E-state index contributed by atoms with van der Waals surface area (Å²) in [6, 6.07) is 11.5. The van der Waals surface area contributed by atoms with Crippen molar-refractivity contribution in [3.05, 3.63) is 70.5 Å². The normalized spacial score (nSPS) is 14.9. The molecule has 0 radical (unpaired) electrons. The zero-order valence-corrected chi connectivity index (χ0v) is 17.0. The van der Waals surface area contributed by atoms with E-state index >= 15 is 0 Å². The number of anilines is 1. The van der Waals surface area contributed by atoms with Gasteiger partial charge in [0, 0.05) is 16.8 Å². The summed E-state index contributed by atoms with van der Waals surface area (Å²) in [4.78, 5) is 27.4. The third-order valence-corrected chi connectivity index (χ3v) is 5.32. The minimum atomic E-state index is -0.386. The highest BCUT2D eigenvalue weighted by atomic mass is 35.5. The van der Waals surface area contributed by atoms with Gasteiger partial charge in [-0.3, -0.25) is 9.59 Å². The number of amides is 2. The first kappa shape index (κ1) is 21.0. The summed E-state index contributed by atoms with van der Waals surface area (Å²) in [6.45, 7) is 4.76. The van der Waals surface area contributed by atoms with Gasteiger partial charge in [-0.25, -0.2) is 4.39 Å². The molecule has 2 aromatic carbocycles. The highest BCUT2D eigenvalue weighted by molar-refractivity contribution is 6.31. The van der Waals surface area contributed by atoms with Crippen molar-refractivity contribution in [3.8, 4) is 0 Å². The second-order valence-corrected chi connectivity index (χ2v) is 7.56. The number of nitrogens with zero attached hydrogens (tertiary/aromatic N) is 1. The second kappa shape index (κ2) is 9.67. The molecule has 0 atom stereocenters. The van der Waals surface area contributed by atoms with Crippen LogP contribution in [0.15, 0.2) is 48.5 Å². The average molecular weight is 417 g/mol. The lowest BCUT2D eigenvalue weighted by Gasteiger charge is -2.31. The van der Waals surface area contributed by atoms with Crippen LogP contribution in [0.3, 0.4) is 0 Å². The van der Waals surface area contributed by atoms with E-state index in [1.165, 1.54) is 12.1 Å². The average Bonchev–Trinajstić information content (AvgIpc) is 2.69. The minimum absolute atomic E-state index is 0.0510. The maximum Gasteiger partial charge on any atom is 0.279 e. The molecule has 1 aliphatic rings. The number of hydrogen-bond acceptors (Lipinski definition) is 2. The molecule has 29 heavy (non-hydrogen) atoms. The second-order valence-electron chi connectivity index (χ2n) is 7.15. The fraction of sp³-hybridized carbons (Fsp3) is 0.273. The molecular weight excluding hydrogens is 393 g/mol. The van der Waals surface area contributed by atoms with Crippen molar-refractivity contribution in [2.75, 3.05) is 38.0 Å². The van der Waals surface area contributed by atoms with Gasteiger partial charge >= 0.3 is 0 Å². The molecule has 152 valence electrons. The molecule has 3 rings (SSSR count). The molecule has 0 aromatic heterocycles. The molecule has 0 unspecified atom stereocenters. The summed E-state index contributed by atoms with van der Waals surface area (Å²) in [6.07, 6.45) is 3.32. The predicted octanol–water partition coefficient (Wildman–Crippen LogP) is 2.17. The van der Waals surface area contributed by atoms with E-state index in [1.807, 2.05) is 25.1 Å². The van der Waals surface area contributed by atoms with Gasteiger partial charge in [0.1, 0.15) is 5.82 Å². The van der Waals surface area contributed by atoms with Gasteiger partial charge in [-0.1, -0.05) is 29.8 Å². The molecule has 7 heteroatoms. The van der Waals surface area contributed by atoms with Crippen LogP contribution in [0.4, 0.5) is 10.1 Å². The Balaban J connectivity index is 1.45. The SMILES string of the molecule is Cc1ccc(/C=C/C(=O)N2CC[NH+](CC(=O)Nc3cccc(F)c3)CC2)cc1Cl. The standard InChI is InChI=1S/C22H23ClFN3O2/c1-16-5-6-17(13-20(16)23)7-8-22(29)27-11-9-26(10-12-27)15-21(28)25-19-4-2-3-18(24)14-19/h2-8,13-14H,9-12,15H2,1H3,(H,25,28)/p+1/b8-7+. The Morgan fingerprint density at radius 3 is 2.66 bits per heavy atom. The fourth-order valence-electron chi connectivity index (χ4n) is 3.20. The van der Waals surface area contributed by atoms with E-state index in [0.717, 1.165) is 16.0 Å². The van der Waals surface area contributed by atoms with E-state index < -0.39 is 0 Å². The number of piperazine rings is 1. The van der Waals surface area contributed by atoms with E-state index in [-0.39, 0.29) is 24.2 Å². The number of rotatable bonds is 5. The van der Waals surface area contributed by atoms with E-state index in [9.17, 15) is 14.0 Å². The first-order valence-electron chi connectivity index (χ1n) is 9.53. The molecule has 1 fully saturated rings. The highest BCUT2D eigenvalue weighted by Crippen LogP contribution is 2.17. The third-order valence-electron chi connectivity index (χ3n) is 4.92. The maximum atomic E-state index is 13.2. The van der Waals surface area contributed by atoms with Crippen molar-refractivity contribution in [2.24, 2.45) is 0 Å². The van der Waals surface area contributed by atoms with E-state index in [2.05, 4.69) is 5.32 Å². The third kappa shape index (κ3) is 6.14. The summed E-state index contributed by atoms with van der Waals surface area (Å²) in [5.74, 6) is -0.602. The van der Waals surface area contributed by atoms with Gasteiger partial charge in [0.05, 0.1) is 26.2 Å². The Morgan fingerprint density at radius 2 is 1.97 bits per heavy atom. The molecule has 2 amide bonds. The molecule has 0 bridgehead atoms. The van der Waals surface area contributed by atoms with Crippen molar-refractivity contribution in [1.82, 2.24) is 4.90 Å². The Labute approximate surface area is 174 Å². The molecule has 1 aliphatic heterocycles. The summed E-state index contributed by atoms with van der Waals surface area (Å²) >= 11 is 6.11. The van der Waals surface area contributed by atoms with Crippen LogP contribution in [-0.2, 0) is 9.59 Å². The van der Waals surface area contributed by atoms with Crippen molar-refractivity contribution in [1.29, 1.82) is 0 Å². The zero-order valence-electron chi connectivity index (χ0n) is 16.3. The topological polar surface area (TPSA) is 53.9 Å². The first-order chi connectivity index (χ1) is 13.9. The number of carbonyl (C=O) groups is 2. The molecule has 0 spiro atoms. The van der Waals surface area contributed by atoms with Gasteiger partial charge in [0.25, 0.3) is 5.91 Å². The predicted molar refractivity (Wildman–Crippen MR) is 112 cm³/mol. The molecule has 0 aliphatic carbocycles. The molecule has 0 saturated carbocycles. The van der Waals surface area contributed by atoms with Gasteiger partial charge in [-0.2, -0.15) is 0 Å². The molecule has 1 saturated heterocycles. The van der Waals surface area contributed by atoms with Crippen LogP contribution < -0.4 is 10.2 Å². The van der Waals surface area contributed by atoms with Crippen LogP contribution in [0.2, 0.25) is 5.02 Å². The Bertz CT molecular complexity index is 924. The molecule has 5 nitrogen and oxygen atoms in total. The quantitative estimate of drug-likeness (QED) is 0.734. The van der Waals surface area contributed by atoms with Gasteiger partial charge in [0.15, 0.2) is 6.54 Å². The lowest BCUT2D eigenvalue weighted by atomic mass is 10.1. The van der Waals surface area contributed by atoms with Crippen molar-refractivity contribution in [3.63, 3.8) is 0 Å². The Morgan fingerprint density at radius 1 is 1.21 bits per heavy atom. The summed E-state index contributed by atoms with van der Waals surface area (Å²) in [5.41, 5.74) is 2.33. The zero-order chi connectivity index (χ0) is 20.8. The number of aryl methyl sites for hydroxylation is 1. The Kier molecular flexibility index (Phi) is 7.01. The Hall–Kier alpha value is -2.70. The van der Waals surface area contributed by atoms with Crippen LogP contribution in [0.1, 0.15) is 11.1 Å². The van der Waals surface area contributed by atoms with Gasteiger partial charge in [-0.05, 0) is 48.4 Å². The van der Waals surface area contributed by atoms with Crippen molar-refractivity contribution < 1.29 is 18.9 Å². The smallest absolute Gasteiger partial charge is 0.279 e. The van der Waals surface area contributed by atoms with Gasteiger partial charge < -0.3 is 15.1 Å². The summed E-state index contributed by atoms with van der Waals surface area (Å²) < 4.78 is 13.2. The molecule has 2 N–H and O–H groups in total. The fourth-order valence-corrected chi connectivity index (χ4v) is 3.39. The first-order valence-corrected chi connectivity index (χ1v) is 9.90. The number of benzene rings is 2. The number of quaternary nitrogens is 1. The molecular formula is C22H24ClFN3O2+. The number of nitrogens with one attached hydrogen (secondary N) is 2. The van der Waals surface area contributed by atoms with Crippen LogP contribution in [0.25, 0.3) is 6.08 Å². The lowest BCUT2D eigenvalue weighted by Crippen LogP contribution is -3.15. The summed E-state index contributed by atoms with van der Waals surface area (Å²) in [7, 11) is 0. The summed E-state index contributed by atoms with van der Waals surface area (Å²) in [5, 5.41) is 3.38. The van der Waals surface area contributed by atoms with E-state index in [1.54, 1.807) is 29.2 Å². The van der Waals surface area contributed by atoms with Crippen molar-refractivity contribution >= 4 is 35.2 Å². The number of hydrogen-bond donors (Lipinski definition) is 2. The van der Waals surface area contributed by atoms with Crippen LogP contribution in [0, 0.1) is 12.7 Å². The van der Waals surface area contributed by atoms with Crippen LogP contribution in [0.5, 0.6) is 0 Å². The number of halogens is 2. The van der Waals surface area contributed by atoms with Crippen LogP contribution in [-0.4, -0.2) is 49.4 Å². The minimum Gasteiger partial charge on any atom is -0.328 e. The maximum absolute atomic E-state index is 13.2. The van der Waals surface area contributed by atoms with Gasteiger partial charge in [-0.15, -0.1) is 0 Å².